The second-order valence-electron chi connectivity index (χ2n) is 10.4. The maximum absolute atomic E-state index is 10.7. The predicted molar refractivity (Wildman–Crippen MR) is 135 cm³/mol. The van der Waals surface area contributed by atoms with Crippen molar-refractivity contribution in [3.63, 3.8) is 0 Å². The first-order chi connectivity index (χ1) is 13.7. The van der Waals surface area contributed by atoms with Crippen LogP contribution in [0.25, 0.3) is 0 Å². The molecule has 0 aliphatic rings. The van der Waals surface area contributed by atoms with Crippen molar-refractivity contribution in [2.75, 3.05) is 0 Å². The van der Waals surface area contributed by atoms with Crippen molar-refractivity contribution in [2.24, 2.45) is 0 Å². The van der Waals surface area contributed by atoms with Crippen molar-refractivity contribution in [3.8, 4) is 11.5 Å². The lowest BCUT2D eigenvalue weighted by molar-refractivity contribution is 0.441. The highest BCUT2D eigenvalue weighted by molar-refractivity contribution is 8.76. The molecule has 2 aromatic rings. The molecule has 0 aliphatic heterocycles. The van der Waals surface area contributed by atoms with Gasteiger partial charge in [-0.3, -0.25) is 0 Å². The van der Waals surface area contributed by atoms with Gasteiger partial charge in [-0.25, -0.2) is 0 Å². The van der Waals surface area contributed by atoms with E-state index in [1.165, 1.54) is 22.3 Å². The summed E-state index contributed by atoms with van der Waals surface area (Å²) >= 11 is 0. The van der Waals surface area contributed by atoms with E-state index in [0.717, 1.165) is 33.8 Å². The van der Waals surface area contributed by atoms with Gasteiger partial charge in [0.05, 0.1) is 0 Å². The Balaban J connectivity index is 2.15. The van der Waals surface area contributed by atoms with Crippen molar-refractivity contribution < 1.29 is 10.2 Å². The number of benzene rings is 2. The fourth-order valence-corrected chi connectivity index (χ4v) is 6.31. The lowest BCUT2D eigenvalue weighted by Crippen LogP contribution is -2.13. The number of hydrogen-bond acceptors (Lipinski definition) is 4. The quantitative estimate of drug-likeness (QED) is 0.360. The summed E-state index contributed by atoms with van der Waals surface area (Å²) in [4.78, 5) is 0. The largest absolute Gasteiger partial charge is 0.507 e. The molecule has 0 atom stereocenters. The fraction of sp³-hybridized carbons (Fsp3) is 0.538. The van der Waals surface area contributed by atoms with Crippen LogP contribution in [0.1, 0.15) is 86.1 Å². The Morgan fingerprint density at radius 2 is 0.933 bits per heavy atom. The number of aryl methyl sites for hydroxylation is 2. The lowest BCUT2D eigenvalue weighted by atomic mass is 9.83. The van der Waals surface area contributed by atoms with Crippen molar-refractivity contribution in [1.82, 2.24) is 0 Å². The van der Waals surface area contributed by atoms with Crippen molar-refractivity contribution in [3.05, 3.63) is 56.6 Å². The Hall–Kier alpha value is -1.26. The number of phenols is 2. The van der Waals surface area contributed by atoms with Crippen LogP contribution in [0, 0.1) is 27.7 Å². The molecule has 0 fully saturated rings. The summed E-state index contributed by atoms with van der Waals surface area (Å²) in [6.45, 7) is 21.1. The molecule has 166 valence electrons. The molecule has 0 heterocycles. The van der Waals surface area contributed by atoms with Crippen molar-refractivity contribution in [2.45, 2.75) is 91.6 Å². The molecule has 0 saturated heterocycles. The van der Waals surface area contributed by atoms with Crippen LogP contribution >= 0.6 is 21.6 Å². The normalized spacial score (nSPS) is 12.5. The minimum atomic E-state index is -0.0731. The van der Waals surface area contributed by atoms with Crippen LogP contribution in [-0.4, -0.2) is 10.2 Å². The molecule has 2 N–H and O–H groups in total. The van der Waals surface area contributed by atoms with Gasteiger partial charge in [0.1, 0.15) is 11.5 Å². The lowest BCUT2D eigenvalue weighted by Gasteiger charge is -2.25. The van der Waals surface area contributed by atoms with Crippen molar-refractivity contribution >= 4 is 21.6 Å². The Bertz CT molecular complexity index is 855. The first-order valence-corrected chi connectivity index (χ1v) is 13.0. The highest BCUT2D eigenvalue weighted by Crippen LogP contribution is 2.41. The molecule has 0 radical (unpaired) electrons. The van der Waals surface area contributed by atoms with Gasteiger partial charge in [0.25, 0.3) is 0 Å². The average Bonchev–Trinajstić information content (AvgIpc) is 2.60. The Kier molecular flexibility index (Phi) is 7.57. The van der Waals surface area contributed by atoms with Crippen LogP contribution < -0.4 is 0 Å². The molecule has 0 spiro atoms. The van der Waals surface area contributed by atoms with Gasteiger partial charge in [0.2, 0.25) is 0 Å². The first-order valence-electron chi connectivity index (χ1n) is 10.6. The topological polar surface area (TPSA) is 40.5 Å². The highest BCUT2D eigenvalue weighted by atomic mass is 33.1. The predicted octanol–water partition coefficient (Wildman–Crippen LogP) is 8.01. The number of rotatable bonds is 5. The van der Waals surface area contributed by atoms with Crippen LogP contribution in [0.4, 0.5) is 0 Å². The molecular weight excluding hydrogens is 408 g/mol. The molecule has 0 aromatic heterocycles. The molecule has 2 rings (SSSR count). The van der Waals surface area contributed by atoms with Crippen LogP contribution in [0.5, 0.6) is 11.5 Å². The van der Waals surface area contributed by atoms with Crippen molar-refractivity contribution in [1.29, 1.82) is 0 Å². The van der Waals surface area contributed by atoms with Crippen LogP contribution in [0.2, 0.25) is 0 Å². The van der Waals surface area contributed by atoms with E-state index in [0.29, 0.717) is 11.5 Å². The van der Waals surface area contributed by atoms with E-state index >= 15 is 0 Å². The Labute approximate surface area is 191 Å². The Morgan fingerprint density at radius 1 is 0.633 bits per heavy atom. The third-order valence-corrected chi connectivity index (χ3v) is 8.09. The van der Waals surface area contributed by atoms with E-state index in [2.05, 4.69) is 67.5 Å². The molecule has 0 aliphatic carbocycles. The number of aromatic hydroxyl groups is 2. The molecule has 30 heavy (non-hydrogen) atoms. The zero-order valence-corrected chi connectivity index (χ0v) is 21.9. The van der Waals surface area contributed by atoms with Gasteiger partial charge in [0, 0.05) is 11.5 Å². The zero-order chi connectivity index (χ0) is 23.0. The summed E-state index contributed by atoms with van der Waals surface area (Å²) in [5.41, 5.74) is 8.78. The second-order valence-corrected chi connectivity index (χ2v) is 12.9. The van der Waals surface area contributed by atoms with E-state index in [1.807, 2.05) is 35.4 Å². The molecule has 0 unspecified atom stereocenters. The van der Waals surface area contributed by atoms with Crippen LogP contribution in [0.3, 0.4) is 0 Å². The van der Waals surface area contributed by atoms with Gasteiger partial charge < -0.3 is 10.2 Å². The second kappa shape index (κ2) is 9.08. The summed E-state index contributed by atoms with van der Waals surface area (Å²) in [5.74, 6) is 2.57. The van der Waals surface area contributed by atoms with Gasteiger partial charge in [-0.15, -0.1) is 0 Å². The zero-order valence-electron chi connectivity index (χ0n) is 20.3. The average molecular weight is 447 g/mol. The van der Waals surface area contributed by atoms with Crippen LogP contribution in [-0.2, 0) is 22.3 Å². The Morgan fingerprint density at radius 3 is 1.20 bits per heavy atom. The highest BCUT2D eigenvalue weighted by Gasteiger charge is 2.23. The van der Waals surface area contributed by atoms with E-state index in [1.54, 1.807) is 0 Å². The monoisotopic (exact) mass is 446 g/mol. The van der Waals surface area contributed by atoms with E-state index in [9.17, 15) is 10.2 Å². The van der Waals surface area contributed by atoms with E-state index < -0.39 is 0 Å². The smallest absolute Gasteiger partial charge is 0.122 e. The van der Waals surface area contributed by atoms with E-state index in [-0.39, 0.29) is 10.8 Å². The molecule has 4 heteroatoms. The maximum Gasteiger partial charge on any atom is 0.122 e. The molecule has 2 nitrogen and oxygen atoms in total. The summed E-state index contributed by atoms with van der Waals surface area (Å²) in [7, 11) is 3.62. The van der Waals surface area contributed by atoms with Gasteiger partial charge >= 0.3 is 0 Å². The third kappa shape index (κ3) is 5.31. The summed E-state index contributed by atoms with van der Waals surface area (Å²) in [6.07, 6.45) is 0. The van der Waals surface area contributed by atoms with Gasteiger partial charge in [-0.05, 0) is 83.0 Å². The maximum atomic E-state index is 10.7. The van der Waals surface area contributed by atoms with E-state index in [4.69, 9.17) is 0 Å². The summed E-state index contributed by atoms with van der Waals surface area (Å²) in [6, 6.07) is 4.28. The molecule has 0 saturated carbocycles. The minimum absolute atomic E-state index is 0.0731. The van der Waals surface area contributed by atoms with Crippen LogP contribution in [0.15, 0.2) is 12.1 Å². The molecule has 0 amide bonds. The summed E-state index contributed by atoms with van der Waals surface area (Å²) < 4.78 is 0. The van der Waals surface area contributed by atoms with Gasteiger partial charge in [0.15, 0.2) is 0 Å². The minimum Gasteiger partial charge on any atom is -0.507 e. The van der Waals surface area contributed by atoms with Gasteiger partial charge in [-0.2, -0.15) is 0 Å². The first kappa shape index (κ1) is 25.0. The summed E-state index contributed by atoms with van der Waals surface area (Å²) in [5, 5.41) is 21.4. The van der Waals surface area contributed by atoms with Gasteiger partial charge in [-0.1, -0.05) is 75.3 Å². The molecule has 0 bridgehead atoms. The molecular formula is C26H38O2S2. The number of hydrogen-bond donors (Lipinski definition) is 2. The third-order valence-electron chi connectivity index (χ3n) is 5.91. The fourth-order valence-electron chi connectivity index (χ4n) is 3.81. The number of phenolic OH excluding ortho intramolecular Hbond substituents is 2. The molecule has 2 aromatic carbocycles. The standard InChI is InChI=1S/C26H38O2S2/c1-15-11-21(25(5,6)7)23(27)17(3)19(15)13-29-30-14-20-16(2)12-22(26(8,9)10)24(28)18(20)4/h11-12,27-28H,13-14H2,1-10H3. The SMILES string of the molecule is Cc1cc(C(C)(C)C)c(O)c(C)c1CSSCc1c(C)cc(C(C)(C)C)c(O)c1C.